The van der Waals surface area contributed by atoms with Crippen molar-refractivity contribution in [1.82, 2.24) is 5.43 Å². The Morgan fingerprint density at radius 3 is 2.67 bits per heavy atom. The van der Waals surface area contributed by atoms with Crippen LogP contribution < -0.4 is 11.2 Å². The quantitative estimate of drug-likeness (QED) is 0.505. The predicted molar refractivity (Wildman–Crippen MR) is 76.4 cm³/mol. The van der Waals surface area contributed by atoms with E-state index in [-0.39, 0.29) is 5.11 Å². The third-order valence-corrected chi connectivity index (χ3v) is 2.42. The van der Waals surface area contributed by atoms with Crippen molar-refractivity contribution in [3.63, 3.8) is 0 Å². The lowest BCUT2D eigenvalue weighted by molar-refractivity contribution is 0.574. The maximum atomic E-state index is 5.62. The van der Waals surface area contributed by atoms with Crippen LogP contribution in [0.25, 0.3) is 11.3 Å². The lowest BCUT2D eigenvalue weighted by Crippen LogP contribution is -2.23. The SMILES string of the molecule is Cc1ccc(-c2ccc(/C=N\NC(N)=S)o2)cc1. The van der Waals surface area contributed by atoms with E-state index in [1.54, 1.807) is 0 Å². The summed E-state index contributed by atoms with van der Waals surface area (Å²) >= 11 is 4.63. The molecule has 0 saturated heterocycles. The van der Waals surface area contributed by atoms with Crippen molar-refractivity contribution in [1.29, 1.82) is 0 Å². The summed E-state index contributed by atoms with van der Waals surface area (Å²) in [4.78, 5) is 0. The second kappa shape index (κ2) is 5.46. The number of nitrogens with zero attached hydrogens (tertiary/aromatic N) is 1. The van der Waals surface area contributed by atoms with E-state index in [0.29, 0.717) is 5.76 Å². The van der Waals surface area contributed by atoms with Crippen molar-refractivity contribution in [3.05, 3.63) is 47.7 Å². The van der Waals surface area contributed by atoms with Crippen LogP contribution in [0, 0.1) is 6.92 Å². The van der Waals surface area contributed by atoms with E-state index in [4.69, 9.17) is 10.2 Å². The number of aryl methyl sites for hydroxylation is 1. The molecule has 0 unspecified atom stereocenters. The van der Waals surface area contributed by atoms with Gasteiger partial charge in [0.25, 0.3) is 0 Å². The van der Waals surface area contributed by atoms with Gasteiger partial charge in [-0.2, -0.15) is 5.10 Å². The van der Waals surface area contributed by atoms with Crippen molar-refractivity contribution < 1.29 is 4.42 Å². The molecule has 1 heterocycles. The maximum absolute atomic E-state index is 5.62. The fourth-order valence-electron chi connectivity index (χ4n) is 1.45. The van der Waals surface area contributed by atoms with Crippen LogP contribution in [0.1, 0.15) is 11.3 Å². The Bertz CT molecular complexity index is 572. The summed E-state index contributed by atoms with van der Waals surface area (Å²) in [6.07, 6.45) is 1.52. The van der Waals surface area contributed by atoms with Gasteiger partial charge in [0.1, 0.15) is 11.5 Å². The molecule has 1 aromatic heterocycles. The fourth-order valence-corrected chi connectivity index (χ4v) is 1.51. The largest absolute Gasteiger partial charge is 0.455 e. The van der Waals surface area contributed by atoms with Gasteiger partial charge in [-0.3, -0.25) is 5.43 Å². The van der Waals surface area contributed by atoms with Gasteiger partial charge in [-0.25, -0.2) is 0 Å². The first kappa shape index (κ1) is 12.3. The lowest BCUT2D eigenvalue weighted by atomic mass is 10.1. The molecule has 0 aliphatic heterocycles. The van der Waals surface area contributed by atoms with Crippen molar-refractivity contribution in [2.75, 3.05) is 0 Å². The highest BCUT2D eigenvalue weighted by molar-refractivity contribution is 7.80. The van der Waals surface area contributed by atoms with E-state index in [1.807, 2.05) is 43.3 Å². The van der Waals surface area contributed by atoms with Crippen LogP contribution in [0.4, 0.5) is 0 Å². The Morgan fingerprint density at radius 2 is 2.00 bits per heavy atom. The first-order valence-electron chi connectivity index (χ1n) is 5.40. The number of nitrogens with two attached hydrogens (primary N) is 1. The van der Waals surface area contributed by atoms with Crippen molar-refractivity contribution in [2.24, 2.45) is 10.8 Å². The van der Waals surface area contributed by atoms with E-state index in [0.717, 1.165) is 11.3 Å². The van der Waals surface area contributed by atoms with Crippen LogP contribution >= 0.6 is 12.2 Å². The first-order valence-corrected chi connectivity index (χ1v) is 5.81. The van der Waals surface area contributed by atoms with Gasteiger partial charge >= 0.3 is 0 Å². The summed E-state index contributed by atoms with van der Waals surface area (Å²) < 4.78 is 5.62. The molecular formula is C13H13N3OS. The summed E-state index contributed by atoms with van der Waals surface area (Å²) in [6, 6.07) is 11.8. The minimum absolute atomic E-state index is 0.122. The molecule has 0 spiro atoms. The Labute approximate surface area is 110 Å². The van der Waals surface area contributed by atoms with Crippen LogP contribution in [0.3, 0.4) is 0 Å². The number of hydrogen-bond acceptors (Lipinski definition) is 3. The van der Waals surface area contributed by atoms with Crippen molar-refractivity contribution >= 4 is 23.5 Å². The van der Waals surface area contributed by atoms with Gasteiger partial charge in [-0.15, -0.1) is 0 Å². The third kappa shape index (κ3) is 3.18. The number of furan rings is 1. The zero-order valence-corrected chi connectivity index (χ0v) is 10.7. The van der Waals surface area contributed by atoms with Crippen LogP contribution in [-0.4, -0.2) is 11.3 Å². The number of hydrogen-bond donors (Lipinski definition) is 2. The van der Waals surface area contributed by atoms with Gasteiger partial charge in [-0.1, -0.05) is 29.8 Å². The molecule has 0 radical (unpaired) electrons. The fraction of sp³-hybridized carbons (Fsp3) is 0.0769. The molecule has 1 aromatic carbocycles. The van der Waals surface area contributed by atoms with E-state index in [2.05, 4.69) is 22.7 Å². The van der Waals surface area contributed by atoms with Gasteiger partial charge < -0.3 is 10.2 Å². The maximum Gasteiger partial charge on any atom is 0.184 e. The number of benzene rings is 1. The average Bonchev–Trinajstić information content (AvgIpc) is 2.78. The Balaban J connectivity index is 2.12. The van der Waals surface area contributed by atoms with Gasteiger partial charge in [0.15, 0.2) is 5.11 Å². The third-order valence-electron chi connectivity index (χ3n) is 2.33. The first-order chi connectivity index (χ1) is 8.65. The molecule has 0 fully saturated rings. The minimum Gasteiger partial charge on any atom is -0.455 e. The smallest absolute Gasteiger partial charge is 0.184 e. The molecule has 2 rings (SSSR count). The summed E-state index contributed by atoms with van der Waals surface area (Å²) in [5.74, 6) is 1.43. The molecule has 18 heavy (non-hydrogen) atoms. The molecule has 0 aliphatic carbocycles. The minimum atomic E-state index is 0.122. The normalized spacial score (nSPS) is 10.7. The van der Waals surface area contributed by atoms with Crippen LogP contribution in [0.5, 0.6) is 0 Å². The second-order valence-electron chi connectivity index (χ2n) is 3.80. The van der Waals surface area contributed by atoms with E-state index in [9.17, 15) is 0 Å². The molecule has 0 atom stereocenters. The standard InChI is InChI=1S/C13H13N3OS/c1-9-2-4-10(5-3-9)12-7-6-11(17-12)8-15-16-13(14)18/h2-8H,1H3,(H3,14,16,18)/b15-8-. The van der Waals surface area contributed by atoms with Crippen molar-refractivity contribution in [2.45, 2.75) is 6.92 Å². The summed E-state index contributed by atoms with van der Waals surface area (Å²) in [5.41, 5.74) is 9.96. The van der Waals surface area contributed by atoms with Crippen LogP contribution in [0.2, 0.25) is 0 Å². The second-order valence-corrected chi connectivity index (χ2v) is 4.24. The van der Waals surface area contributed by atoms with Crippen LogP contribution in [-0.2, 0) is 0 Å². The molecule has 0 aliphatic rings. The number of thiocarbonyl (C=S) groups is 1. The highest BCUT2D eigenvalue weighted by Crippen LogP contribution is 2.21. The van der Waals surface area contributed by atoms with Crippen molar-refractivity contribution in [3.8, 4) is 11.3 Å². The molecule has 4 nitrogen and oxygen atoms in total. The molecule has 2 aromatic rings. The topological polar surface area (TPSA) is 63.5 Å². The zero-order chi connectivity index (χ0) is 13.0. The van der Waals surface area contributed by atoms with Gasteiger partial charge in [0.05, 0.1) is 6.21 Å². The molecule has 0 amide bonds. The number of hydrazone groups is 1. The van der Waals surface area contributed by atoms with E-state index >= 15 is 0 Å². The molecule has 92 valence electrons. The zero-order valence-electron chi connectivity index (χ0n) is 9.88. The Morgan fingerprint density at radius 1 is 1.28 bits per heavy atom. The van der Waals surface area contributed by atoms with Gasteiger partial charge in [-0.05, 0) is 31.3 Å². The highest BCUT2D eigenvalue weighted by Gasteiger charge is 2.02. The number of rotatable bonds is 3. The highest BCUT2D eigenvalue weighted by atomic mass is 32.1. The lowest BCUT2D eigenvalue weighted by Gasteiger charge is -1.97. The summed E-state index contributed by atoms with van der Waals surface area (Å²) in [6.45, 7) is 2.05. The monoisotopic (exact) mass is 259 g/mol. The van der Waals surface area contributed by atoms with E-state index in [1.165, 1.54) is 11.8 Å². The van der Waals surface area contributed by atoms with Crippen LogP contribution in [0.15, 0.2) is 45.9 Å². The van der Waals surface area contributed by atoms with Gasteiger partial charge in [0.2, 0.25) is 0 Å². The number of nitrogens with one attached hydrogen (secondary N) is 1. The Kier molecular flexibility index (Phi) is 3.74. The summed E-state index contributed by atoms with van der Waals surface area (Å²) in [5, 5.41) is 3.95. The molecule has 5 heteroatoms. The Hall–Kier alpha value is -2.14. The average molecular weight is 259 g/mol. The molecule has 3 N–H and O–H groups in total. The molecular weight excluding hydrogens is 246 g/mol. The molecule has 0 saturated carbocycles. The van der Waals surface area contributed by atoms with E-state index < -0.39 is 0 Å². The predicted octanol–water partition coefficient (Wildman–Crippen LogP) is 2.42. The summed E-state index contributed by atoms with van der Waals surface area (Å²) in [7, 11) is 0. The molecule has 0 bridgehead atoms. The van der Waals surface area contributed by atoms with Gasteiger partial charge in [0, 0.05) is 5.56 Å².